The van der Waals surface area contributed by atoms with Gasteiger partial charge in [0.2, 0.25) is 5.95 Å². The molecule has 35 heavy (non-hydrogen) atoms. The Kier molecular flexibility index (Phi) is 7.19. The van der Waals surface area contributed by atoms with Gasteiger partial charge in [0.15, 0.2) is 17.4 Å². The van der Waals surface area contributed by atoms with Gasteiger partial charge in [0.1, 0.15) is 11.6 Å². The smallest absolute Gasteiger partial charge is 0.461 e. The molecule has 3 heterocycles. The standard InChI is InChI=1S/C22H15F3N6O2.CH3I/c1-12-6-4-8-14-17(12)26-18(13-7-2-3-9-15(13)33-22(23,24)25)27-19(14)28-21-29-20(30-31-21)16-10-5-11-32-16;1-2/h2-11H,1H3,(H2,26,27,28,29,30,31);1H3. The number of aromatic nitrogens is 5. The summed E-state index contributed by atoms with van der Waals surface area (Å²) in [6.45, 7) is 1.85. The molecule has 2 aromatic carbocycles. The molecule has 2 N–H and O–H groups in total. The molecular weight excluding hydrogens is 576 g/mol. The molecule has 0 amide bonds. The van der Waals surface area contributed by atoms with Gasteiger partial charge < -0.3 is 14.5 Å². The number of H-pyrrole nitrogens is 1. The molecule has 5 aromatic rings. The monoisotopic (exact) mass is 594 g/mol. The van der Waals surface area contributed by atoms with Crippen molar-refractivity contribution in [2.24, 2.45) is 0 Å². The fourth-order valence-electron chi connectivity index (χ4n) is 3.32. The van der Waals surface area contributed by atoms with Crippen molar-refractivity contribution in [2.75, 3.05) is 10.2 Å². The second kappa shape index (κ2) is 10.3. The molecule has 180 valence electrons. The van der Waals surface area contributed by atoms with Crippen LogP contribution in [0.4, 0.5) is 24.9 Å². The number of nitrogens with zero attached hydrogens (tertiary/aromatic N) is 4. The van der Waals surface area contributed by atoms with Crippen LogP contribution < -0.4 is 10.1 Å². The third-order valence-electron chi connectivity index (χ3n) is 4.75. The lowest BCUT2D eigenvalue weighted by Crippen LogP contribution is -2.17. The summed E-state index contributed by atoms with van der Waals surface area (Å²) >= 11 is 2.15. The summed E-state index contributed by atoms with van der Waals surface area (Å²) in [6, 6.07) is 14.6. The Morgan fingerprint density at radius 3 is 2.51 bits per heavy atom. The summed E-state index contributed by atoms with van der Waals surface area (Å²) in [7, 11) is 0. The molecule has 5 rings (SSSR count). The highest BCUT2D eigenvalue weighted by atomic mass is 127. The number of para-hydroxylation sites is 2. The SMILES string of the molecule is CI.Cc1cccc2c(Nc3n[nH]c(-c4ccco4)n3)nc(-c3ccccc3OC(F)(F)F)nc12. The molecule has 0 saturated carbocycles. The van der Waals surface area contributed by atoms with Gasteiger partial charge in [0, 0.05) is 5.39 Å². The van der Waals surface area contributed by atoms with E-state index in [1.165, 1.54) is 24.5 Å². The van der Waals surface area contributed by atoms with E-state index in [1.807, 2.05) is 24.0 Å². The van der Waals surface area contributed by atoms with E-state index in [-0.39, 0.29) is 17.3 Å². The fraction of sp³-hybridized carbons (Fsp3) is 0.130. The van der Waals surface area contributed by atoms with Gasteiger partial charge in [-0.25, -0.2) is 9.97 Å². The highest BCUT2D eigenvalue weighted by Crippen LogP contribution is 2.35. The molecule has 0 atom stereocenters. The Balaban J connectivity index is 0.00000141. The summed E-state index contributed by atoms with van der Waals surface area (Å²) in [5.74, 6) is 1.08. The van der Waals surface area contributed by atoms with Crippen LogP contribution in [-0.2, 0) is 0 Å². The van der Waals surface area contributed by atoms with E-state index in [1.54, 1.807) is 24.3 Å². The van der Waals surface area contributed by atoms with Gasteiger partial charge in [0.05, 0.1) is 17.3 Å². The fourth-order valence-corrected chi connectivity index (χ4v) is 3.32. The lowest BCUT2D eigenvalue weighted by atomic mass is 10.1. The quantitative estimate of drug-likeness (QED) is 0.173. The van der Waals surface area contributed by atoms with Crippen LogP contribution >= 0.6 is 22.6 Å². The van der Waals surface area contributed by atoms with Crippen molar-refractivity contribution < 1.29 is 22.3 Å². The number of halogens is 4. The van der Waals surface area contributed by atoms with E-state index >= 15 is 0 Å². The number of benzene rings is 2. The van der Waals surface area contributed by atoms with E-state index in [2.05, 4.69) is 57.8 Å². The predicted octanol–water partition coefficient (Wildman–Crippen LogP) is 6.68. The Morgan fingerprint density at radius 2 is 1.77 bits per heavy atom. The van der Waals surface area contributed by atoms with Crippen molar-refractivity contribution in [3.8, 4) is 28.7 Å². The zero-order valence-corrected chi connectivity index (χ0v) is 20.5. The molecule has 12 heteroatoms. The van der Waals surface area contributed by atoms with Crippen LogP contribution in [0, 0.1) is 6.92 Å². The van der Waals surface area contributed by atoms with Crippen molar-refractivity contribution in [3.63, 3.8) is 0 Å². The van der Waals surface area contributed by atoms with Crippen molar-refractivity contribution >= 4 is 45.3 Å². The molecular formula is C23H18F3IN6O2. The summed E-state index contributed by atoms with van der Waals surface area (Å²) in [6.07, 6.45) is -3.34. The number of ether oxygens (including phenoxy) is 1. The highest BCUT2D eigenvalue weighted by Gasteiger charge is 2.32. The molecule has 8 nitrogen and oxygen atoms in total. The van der Waals surface area contributed by atoms with E-state index in [0.29, 0.717) is 28.3 Å². The molecule has 0 radical (unpaired) electrons. The van der Waals surface area contributed by atoms with Crippen LogP contribution in [-0.4, -0.2) is 36.4 Å². The third kappa shape index (κ3) is 5.53. The van der Waals surface area contributed by atoms with Crippen LogP contribution in [0.15, 0.2) is 65.3 Å². The average molecular weight is 594 g/mol. The maximum Gasteiger partial charge on any atom is 0.573 e. The number of fused-ring (bicyclic) bond motifs is 1. The largest absolute Gasteiger partial charge is 0.573 e. The number of alkyl halides is 4. The van der Waals surface area contributed by atoms with Gasteiger partial charge in [-0.2, -0.15) is 4.98 Å². The van der Waals surface area contributed by atoms with Crippen molar-refractivity contribution in [2.45, 2.75) is 13.3 Å². The Hall–Kier alpha value is -3.68. The maximum absolute atomic E-state index is 12.9. The predicted molar refractivity (Wildman–Crippen MR) is 134 cm³/mol. The average Bonchev–Trinajstić information content (AvgIpc) is 3.52. The van der Waals surface area contributed by atoms with Gasteiger partial charge in [-0.15, -0.1) is 18.3 Å². The van der Waals surface area contributed by atoms with Crippen LogP contribution in [0.2, 0.25) is 0 Å². The van der Waals surface area contributed by atoms with Crippen LogP contribution in [0.1, 0.15) is 5.56 Å². The lowest BCUT2D eigenvalue weighted by Gasteiger charge is -2.14. The number of hydrogen-bond donors (Lipinski definition) is 2. The number of aryl methyl sites for hydroxylation is 1. The summed E-state index contributed by atoms with van der Waals surface area (Å²) in [5.41, 5.74) is 1.47. The van der Waals surface area contributed by atoms with Gasteiger partial charge in [-0.05, 0) is 47.7 Å². The number of aromatic amines is 1. The van der Waals surface area contributed by atoms with Crippen LogP contribution in [0.3, 0.4) is 0 Å². The Morgan fingerprint density at radius 1 is 0.971 bits per heavy atom. The normalized spacial score (nSPS) is 11.1. The van der Waals surface area contributed by atoms with E-state index in [4.69, 9.17) is 4.42 Å². The minimum absolute atomic E-state index is 0.0564. The van der Waals surface area contributed by atoms with Crippen LogP contribution in [0.25, 0.3) is 33.9 Å². The number of anilines is 2. The Labute approximate surface area is 211 Å². The van der Waals surface area contributed by atoms with Gasteiger partial charge in [0.25, 0.3) is 0 Å². The maximum atomic E-state index is 12.9. The summed E-state index contributed by atoms with van der Waals surface area (Å²) < 4.78 is 48.3. The van der Waals surface area contributed by atoms with Crippen molar-refractivity contribution in [1.82, 2.24) is 25.1 Å². The number of furan rings is 1. The first-order valence-corrected chi connectivity index (χ1v) is 12.3. The second-order valence-electron chi connectivity index (χ2n) is 7.02. The molecule has 0 spiro atoms. The second-order valence-corrected chi connectivity index (χ2v) is 7.02. The number of nitrogens with one attached hydrogen (secondary N) is 2. The lowest BCUT2D eigenvalue weighted by molar-refractivity contribution is -0.274. The van der Waals surface area contributed by atoms with Crippen molar-refractivity contribution in [3.05, 3.63) is 66.4 Å². The number of rotatable bonds is 5. The van der Waals surface area contributed by atoms with Gasteiger partial charge in [-0.3, -0.25) is 5.10 Å². The van der Waals surface area contributed by atoms with E-state index < -0.39 is 12.1 Å². The number of hydrogen-bond acceptors (Lipinski definition) is 7. The topological polar surface area (TPSA) is 102 Å². The van der Waals surface area contributed by atoms with E-state index in [9.17, 15) is 13.2 Å². The summed E-state index contributed by atoms with van der Waals surface area (Å²) in [5, 5.41) is 10.6. The van der Waals surface area contributed by atoms with E-state index in [0.717, 1.165) is 5.56 Å². The zero-order chi connectivity index (χ0) is 25.0. The Bertz CT molecular complexity index is 1440. The minimum Gasteiger partial charge on any atom is -0.461 e. The zero-order valence-electron chi connectivity index (χ0n) is 18.4. The summed E-state index contributed by atoms with van der Waals surface area (Å²) in [4.78, 5) is 15.3. The molecule has 0 fully saturated rings. The highest BCUT2D eigenvalue weighted by molar-refractivity contribution is 14.1. The van der Waals surface area contributed by atoms with Gasteiger partial charge >= 0.3 is 6.36 Å². The van der Waals surface area contributed by atoms with Gasteiger partial charge in [-0.1, -0.05) is 46.9 Å². The molecule has 3 aromatic heterocycles. The minimum atomic E-state index is -4.86. The van der Waals surface area contributed by atoms with Crippen molar-refractivity contribution in [1.29, 1.82) is 0 Å². The molecule has 0 unspecified atom stereocenters. The third-order valence-corrected chi connectivity index (χ3v) is 4.75. The first-order valence-electron chi connectivity index (χ1n) is 10.1. The first-order chi connectivity index (χ1) is 16.9. The van der Waals surface area contributed by atoms with Crippen LogP contribution in [0.5, 0.6) is 5.75 Å². The molecule has 0 aliphatic rings. The molecule has 0 aliphatic heterocycles. The molecule has 0 bridgehead atoms. The molecule has 0 saturated heterocycles. The molecule has 0 aliphatic carbocycles. The first kappa shape index (κ1) is 24.4.